The first-order valence-corrected chi connectivity index (χ1v) is 5.39. The zero-order valence-corrected chi connectivity index (χ0v) is 8.88. The molecule has 0 aromatic rings. The van der Waals surface area contributed by atoms with Crippen LogP contribution in [0.15, 0.2) is 0 Å². The first kappa shape index (κ1) is 11.0. The maximum atomic E-state index is 5.09. The van der Waals surface area contributed by atoms with Gasteiger partial charge in [-0.2, -0.15) is 0 Å². The maximum Gasteiger partial charge on any atom is 0.0653 e. The van der Waals surface area contributed by atoms with Crippen molar-refractivity contribution in [3.05, 3.63) is 0 Å². The van der Waals surface area contributed by atoms with Gasteiger partial charge in [0.2, 0.25) is 0 Å². The number of hydroxylamine groups is 1. The van der Waals surface area contributed by atoms with Crippen molar-refractivity contribution in [2.45, 2.75) is 38.6 Å². The molecule has 0 aliphatic carbocycles. The Bertz CT molecular complexity index is 130. The van der Waals surface area contributed by atoms with Crippen molar-refractivity contribution in [3.8, 4) is 0 Å². The first-order valence-electron chi connectivity index (χ1n) is 5.39. The van der Waals surface area contributed by atoms with Gasteiger partial charge in [-0.15, -0.1) is 0 Å². The maximum absolute atomic E-state index is 5.09. The van der Waals surface area contributed by atoms with Crippen molar-refractivity contribution in [1.29, 1.82) is 0 Å². The molecule has 0 spiro atoms. The van der Waals surface area contributed by atoms with Crippen LogP contribution in [0.5, 0.6) is 0 Å². The average Bonchev–Trinajstić information content (AvgIpc) is 2.15. The summed E-state index contributed by atoms with van der Waals surface area (Å²) >= 11 is 0. The average molecular weight is 186 g/mol. The second-order valence-electron chi connectivity index (χ2n) is 3.75. The molecule has 1 aliphatic rings. The highest BCUT2D eigenvalue weighted by molar-refractivity contribution is 4.74. The lowest BCUT2D eigenvalue weighted by Crippen LogP contribution is -2.38. The number of likely N-dealkylation sites (tertiary alicyclic amines) is 1. The van der Waals surface area contributed by atoms with Crippen LogP contribution in [0.3, 0.4) is 0 Å². The molecular formula is C10H22N2O. The predicted octanol–water partition coefficient (Wildman–Crippen LogP) is 1.40. The number of hydrogen-bond acceptors (Lipinski definition) is 3. The number of hydrogen-bond donors (Lipinski definition) is 1. The van der Waals surface area contributed by atoms with Crippen LogP contribution in [-0.4, -0.2) is 37.7 Å². The Morgan fingerprint density at radius 3 is 3.00 bits per heavy atom. The quantitative estimate of drug-likeness (QED) is 0.519. The Hall–Kier alpha value is -0.120. The van der Waals surface area contributed by atoms with Crippen molar-refractivity contribution in [3.63, 3.8) is 0 Å². The lowest BCUT2D eigenvalue weighted by atomic mass is 10.0. The fourth-order valence-electron chi connectivity index (χ4n) is 1.91. The second-order valence-corrected chi connectivity index (χ2v) is 3.75. The van der Waals surface area contributed by atoms with Crippen LogP contribution in [0.1, 0.15) is 32.6 Å². The minimum Gasteiger partial charge on any atom is -0.303 e. The number of piperidine rings is 1. The fraction of sp³-hybridized carbons (Fsp3) is 1.00. The van der Waals surface area contributed by atoms with Gasteiger partial charge in [0.25, 0.3) is 0 Å². The van der Waals surface area contributed by atoms with E-state index in [1.807, 2.05) is 6.92 Å². The summed E-state index contributed by atoms with van der Waals surface area (Å²) in [5.74, 6) is 0. The SMILES string of the molecule is CCONCCC1CCCCN1C. The molecule has 0 radical (unpaired) electrons. The van der Waals surface area contributed by atoms with Gasteiger partial charge in [-0.1, -0.05) is 6.42 Å². The van der Waals surface area contributed by atoms with Gasteiger partial charge in [0.15, 0.2) is 0 Å². The van der Waals surface area contributed by atoms with Gasteiger partial charge in [0.05, 0.1) is 6.61 Å². The lowest BCUT2D eigenvalue weighted by Gasteiger charge is -2.32. The highest BCUT2D eigenvalue weighted by Gasteiger charge is 2.17. The zero-order chi connectivity index (χ0) is 9.52. The Morgan fingerprint density at radius 1 is 1.46 bits per heavy atom. The smallest absolute Gasteiger partial charge is 0.0653 e. The Kier molecular flexibility index (Phi) is 5.35. The summed E-state index contributed by atoms with van der Waals surface area (Å²) in [6, 6.07) is 0.765. The van der Waals surface area contributed by atoms with Crippen molar-refractivity contribution < 1.29 is 4.84 Å². The lowest BCUT2D eigenvalue weighted by molar-refractivity contribution is 0.0430. The van der Waals surface area contributed by atoms with Gasteiger partial charge in [0.1, 0.15) is 0 Å². The molecule has 1 atom stereocenters. The van der Waals surface area contributed by atoms with Crippen molar-refractivity contribution in [2.24, 2.45) is 0 Å². The van der Waals surface area contributed by atoms with E-state index in [1.54, 1.807) is 0 Å². The van der Waals surface area contributed by atoms with Crippen molar-refractivity contribution >= 4 is 0 Å². The molecule has 0 aromatic heterocycles. The van der Waals surface area contributed by atoms with E-state index in [2.05, 4.69) is 17.4 Å². The molecule has 13 heavy (non-hydrogen) atoms. The summed E-state index contributed by atoms with van der Waals surface area (Å²) in [6.07, 6.45) is 5.32. The summed E-state index contributed by atoms with van der Waals surface area (Å²) in [5.41, 5.74) is 2.98. The summed E-state index contributed by atoms with van der Waals surface area (Å²) in [6.45, 7) is 4.99. The molecule has 0 bridgehead atoms. The van der Waals surface area contributed by atoms with Crippen LogP contribution >= 0.6 is 0 Å². The molecule has 78 valence electrons. The van der Waals surface area contributed by atoms with E-state index in [1.165, 1.54) is 32.2 Å². The van der Waals surface area contributed by atoms with E-state index in [0.717, 1.165) is 19.2 Å². The van der Waals surface area contributed by atoms with Gasteiger partial charge in [0, 0.05) is 12.6 Å². The van der Waals surface area contributed by atoms with Crippen LogP contribution in [0.25, 0.3) is 0 Å². The van der Waals surface area contributed by atoms with Crippen molar-refractivity contribution in [1.82, 2.24) is 10.4 Å². The van der Waals surface area contributed by atoms with Crippen molar-refractivity contribution in [2.75, 3.05) is 26.7 Å². The van der Waals surface area contributed by atoms with Crippen LogP contribution in [0.4, 0.5) is 0 Å². The minimum absolute atomic E-state index is 0.751. The second kappa shape index (κ2) is 6.35. The summed E-state index contributed by atoms with van der Waals surface area (Å²) < 4.78 is 0. The van der Waals surface area contributed by atoms with Gasteiger partial charge in [-0.3, -0.25) is 0 Å². The third kappa shape index (κ3) is 4.07. The standard InChI is InChI=1S/C10H22N2O/c1-3-13-11-8-7-10-6-4-5-9-12(10)2/h10-11H,3-9H2,1-2H3. The van der Waals surface area contributed by atoms with Gasteiger partial charge >= 0.3 is 0 Å². The summed E-state index contributed by atoms with van der Waals surface area (Å²) in [4.78, 5) is 7.56. The number of rotatable bonds is 5. The molecule has 3 heteroatoms. The molecule has 0 saturated carbocycles. The molecular weight excluding hydrogens is 164 g/mol. The largest absolute Gasteiger partial charge is 0.303 e. The molecule has 1 rings (SSSR count). The fourth-order valence-corrected chi connectivity index (χ4v) is 1.91. The molecule has 1 fully saturated rings. The molecule has 1 heterocycles. The Morgan fingerprint density at radius 2 is 2.31 bits per heavy atom. The monoisotopic (exact) mass is 186 g/mol. The number of nitrogens with one attached hydrogen (secondary N) is 1. The molecule has 0 amide bonds. The third-order valence-electron chi connectivity index (χ3n) is 2.75. The topological polar surface area (TPSA) is 24.5 Å². The Labute approximate surface area is 81.4 Å². The van der Waals surface area contributed by atoms with E-state index < -0.39 is 0 Å². The van der Waals surface area contributed by atoms with E-state index in [0.29, 0.717) is 0 Å². The molecule has 0 aromatic carbocycles. The van der Waals surface area contributed by atoms with Gasteiger partial charge in [-0.05, 0) is 39.8 Å². The normalized spacial score (nSPS) is 24.9. The van der Waals surface area contributed by atoms with Gasteiger partial charge < -0.3 is 9.74 Å². The van der Waals surface area contributed by atoms with Crippen LogP contribution in [0, 0.1) is 0 Å². The molecule has 1 N–H and O–H groups in total. The minimum atomic E-state index is 0.751. The highest BCUT2D eigenvalue weighted by atomic mass is 16.6. The van der Waals surface area contributed by atoms with Crippen LogP contribution < -0.4 is 5.48 Å². The van der Waals surface area contributed by atoms with E-state index >= 15 is 0 Å². The molecule has 1 aliphatic heterocycles. The van der Waals surface area contributed by atoms with Crippen LogP contribution in [-0.2, 0) is 4.84 Å². The first-order chi connectivity index (χ1) is 6.34. The third-order valence-corrected chi connectivity index (χ3v) is 2.75. The summed E-state index contributed by atoms with van der Waals surface area (Å²) in [5, 5.41) is 0. The van der Waals surface area contributed by atoms with Crippen LogP contribution in [0.2, 0.25) is 0 Å². The molecule has 3 nitrogen and oxygen atoms in total. The van der Waals surface area contributed by atoms with E-state index in [-0.39, 0.29) is 0 Å². The predicted molar refractivity (Wildman–Crippen MR) is 54.5 cm³/mol. The van der Waals surface area contributed by atoms with E-state index in [9.17, 15) is 0 Å². The van der Waals surface area contributed by atoms with E-state index in [4.69, 9.17) is 4.84 Å². The zero-order valence-electron chi connectivity index (χ0n) is 8.88. The highest BCUT2D eigenvalue weighted by Crippen LogP contribution is 2.16. The molecule has 1 saturated heterocycles. The Balaban J connectivity index is 2.05. The summed E-state index contributed by atoms with van der Waals surface area (Å²) in [7, 11) is 2.23. The number of nitrogens with zero attached hydrogens (tertiary/aromatic N) is 1. The molecule has 1 unspecified atom stereocenters. The van der Waals surface area contributed by atoms with Gasteiger partial charge in [-0.25, -0.2) is 5.48 Å².